The van der Waals surface area contributed by atoms with Gasteiger partial charge in [-0.2, -0.15) is 8.78 Å². The maximum absolute atomic E-state index is 13.8. The number of nitrogens with zero attached hydrogens (tertiary/aromatic N) is 1. The number of ether oxygens (including phenoxy) is 2. The van der Waals surface area contributed by atoms with Gasteiger partial charge in [-0.15, -0.1) is 0 Å². The summed E-state index contributed by atoms with van der Waals surface area (Å²) in [4.78, 5) is 13.5. The Kier molecular flexibility index (Phi) is 5.80. The van der Waals surface area contributed by atoms with Crippen molar-refractivity contribution < 1.29 is 31.8 Å². The van der Waals surface area contributed by atoms with Crippen LogP contribution in [0.2, 0.25) is 0 Å². The summed E-state index contributed by atoms with van der Waals surface area (Å²) in [6.07, 6.45) is 0.254. The molecule has 1 heterocycles. The molecule has 2 rings (SSSR count). The van der Waals surface area contributed by atoms with Gasteiger partial charge in [0.2, 0.25) is 0 Å². The van der Waals surface area contributed by atoms with Crippen molar-refractivity contribution in [1.82, 2.24) is 4.90 Å². The van der Waals surface area contributed by atoms with E-state index in [2.05, 4.69) is 4.74 Å². The largest absolute Gasteiger partial charge is 0.444 e. The number of rotatable bonds is 3. The fourth-order valence-corrected chi connectivity index (χ4v) is 2.80. The molecule has 1 aromatic rings. The monoisotopic (exact) mass is 363 g/mol. The lowest BCUT2D eigenvalue weighted by atomic mass is 9.88. The molecule has 0 spiro atoms. The Morgan fingerprint density at radius 1 is 1.20 bits per heavy atom. The summed E-state index contributed by atoms with van der Waals surface area (Å²) < 4.78 is 61.9. The SMILES string of the molecule is CC(C)(C)OC(=O)N1CCC(c2cc(F)cc(F)c2OC(F)F)CC1. The molecule has 0 atom stereocenters. The van der Waals surface area contributed by atoms with Crippen molar-refractivity contribution in [3.05, 3.63) is 29.3 Å². The predicted octanol–water partition coefficient (Wildman–Crippen LogP) is 4.68. The molecular weight excluding hydrogens is 342 g/mol. The number of benzene rings is 1. The van der Waals surface area contributed by atoms with E-state index in [1.807, 2.05) is 0 Å². The zero-order chi connectivity index (χ0) is 18.8. The number of halogens is 4. The van der Waals surface area contributed by atoms with Crippen molar-refractivity contribution in [3.63, 3.8) is 0 Å². The minimum absolute atomic E-state index is 0.0571. The third-order valence-electron chi connectivity index (χ3n) is 3.83. The molecule has 1 aliphatic rings. The Morgan fingerprint density at radius 2 is 1.80 bits per heavy atom. The Hall–Kier alpha value is -1.99. The number of piperidine rings is 1. The lowest BCUT2D eigenvalue weighted by molar-refractivity contribution is -0.0532. The fraction of sp³-hybridized carbons (Fsp3) is 0.588. The molecule has 140 valence electrons. The van der Waals surface area contributed by atoms with E-state index in [0.29, 0.717) is 32.0 Å². The summed E-state index contributed by atoms with van der Waals surface area (Å²) in [7, 11) is 0. The van der Waals surface area contributed by atoms with Crippen molar-refractivity contribution in [2.45, 2.75) is 51.7 Å². The number of likely N-dealkylation sites (tertiary alicyclic amines) is 1. The summed E-state index contributed by atoms with van der Waals surface area (Å²) in [5.41, 5.74) is -0.570. The predicted molar refractivity (Wildman–Crippen MR) is 82.8 cm³/mol. The van der Waals surface area contributed by atoms with Gasteiger partial charge in [0.25, 0.3) is 0 Å². The third kappa shape index (κ3) is 5.24. The minimum Gasteiger partial charge on any atom is -0.444 e. The second kappa shape index (κ2) is 7.49. The molecule has 0 aromatic heterocycles. The first-order valence-corrected chi connectivity index (χ1v) is 7.98. The molecule has 1 fully saturated rings. The maximum Gasteiger partial charge on any atom is 0.410 e. The first kappa shape index (κ1) is 19.3. The average molecular weight is 363 g/mol. The van der Waals surface area contributed by atoms with E-state index in [0.717, 1.165) is 6.07 Å². The van der Waals surface area contributed by atoms with Gasteiger partial charge >= 0.3 is 12.7 Å². The van der Waals surface area contributed by atoms with E-state index in [4.69, 9.17) is 4.74 Å². The van der Waals surface area contributed by atoms with E-state index < -0.39 is 41.6 Å². The van der Waals surface area contributed by atoms with Crippen LogP contribution in [0.4, 0.5) is 22.4 Å². The van der Waals surface area contributed by atoms with E-state index in [9.17, 15) is 22.4 Å². The average Bonchev–Trinajstić information content (AvgIpc) is 2.48. The van der Waals surface area contributed by atoms with Gasteiger partial charge in [0, 0.05) is 24.7 Å². The van der Waals surface area contributed by atoms with Crippen LogP contribution in [-0.4, -0.2) is 36.3 Å². The van der Waals surface area contributed by atoms with Gasteiger partial charge in [-0.1, -0.05) is 0 Å². The highest BCUT2D eigenvalue weighted by Gasteiger charge is 2.30. The number of amides is 1. The van der Waals surface area contributed by atoms with Crippen molar-refractivity contribution in [1.29, 1.82) is 0 Å². The van der Waals surface area contributed by atoms with Crippen LogP contribution < -0.4 is 4.74 Å². The molecule has 4 nitrogen and oxygen atoms in total. The maximum atomic E-state index is 13.8. The van der Waals surface area contributed by atoms with Crippen LogP contribution in [0.1, 0.15) is 45.1 Å². The molecule has 1 aromatic carbocycles. The third-order valence-corrected chi connectivity index (χ3v) is 3.83. The summed E-state index contributed by atoms with van der Waals surface area (Å²) in [5, 5.41) is 0. The van der Waals surface area contributed by atoms with Crippen LogP contribution in [0.15, 0.2) is 12.1 Å². The Labute approximate surface area is 143 Å². The molecule has 8 heteroatoms. The van der Waals surface area contributed by atoms with Gasteiger partial charge < -0.3 is 14.4 Å². The quantitative estimate of drug-likeness (QED) is 0.732. The number of alkyl halides is 2. The number of carbonyl (C=O) groups is 1. The van der Waals surface area contributed by atoms with Crippen LogP contribution in [0.3, 0.4) is 0 Å². The first-order valence-electron chi connectivity index (χ1n) is 7.98. The van der Waals surface area contributed by atoms with Crippen molar-refractivity contribution in [2.24, 2.45) is 0 Å². The highest BCUT2D eigenvalue weighted by atomic mass is 19.3. The summed E-state index contributed by atoms with van der Waals surface area (Å²) in [6, 6.07) is 1.52. The summed E-state index contributed by atoms with van der Waals surface area (Å²) in [5.74, 6) is -3.04. The Morgan fingerprint density at radius 3 is 2.32 bits per heavy atom. The molecule has 0 bridgehead atoms. The number of hydrogen-bond donors (Lipinski definition) is 0. The highest BCUT2D eigenvalue weighted by Crippen LogP contribution is 2.37. The minimum atomic E-state index is -3.21. The van der Waals surface area contributed by atoms with Gasteiger partial charge in [-0.25, -0.2) is 13.6 Å². The van der Waals surface area contributed by atoms with Crippen LogP contribution in [0.25, 0.3) is 0 Å². The van der Waals surface area contributed by atoms with Gasteiger partial charge in [0.1, 0.15) is 11.4 Å². The van der Waals surface area contributed by atoms with Crippen LogP contribution in [0.5, 0.6) is 5.75 Å². The van der Waals surface area contributed by atoms with Crippen LogP contribution >= 0.6 is 0 Å². The van der Waals surface area contributed by atoms with Crippen LogP contribution in [0, 0.1) is 11.6 Å². The molecule has 25 heavy (non-hydrogen) atoms. The second-order valence-corrected chi connectivity index (χ2v) is 6.93. The molecule has 0 aliphatic carbocycles. The summed E-state index contributed by atoms with van der Waals surface area (Å²) in [6.45, 7) is 2.64. The van der Waals surface area contributed by atoms with Crippen molar-refractivity contribution >= 4 is 6.09 Å². The van der Waals surface area contributed by atoms with Crippen molar-refractivity contribution in [3.8, 4) is 5.75 Å². The first-order chi connectivity index (χ1) is 11.6. The fourth-order valence-electron chi connectivity index (χ4n) is 2.80. The lowest BCUT2D eigenvalue weighted by Crippen LogP contribution is -2.41. The van der Waals surface area contributed by atoms with Gasteiger partial charge in [0.15, 0.2) is 11.6 Å². The molecular formula is C17H21F4NO3. The molecule has 0 saturated carbocycles. The van der Waals surface area contributed by atoms with E-state index in [-0.39, 0.29) is 5.56 Å². The molecule has 1 saturated heterocycles. The molecule has 1 aliphatic heterocycles. The van der Waals surface area contributed by atoms with Gasteiger partial charge in [0.05, 0.1) is 0 Å². The molecule has 1 amide bonds. The summed E-state index contributed by atoms with van der Waals surface area (Å²) >= 11 is 0. The molecule has 0 unspecified atom stereocenters. The molecule has 0 radical (unpaired) electrons. The van der Waals surface area contributed by atoms with Gasteiger partial charge in [-0.05, 0) is 45.6 Å². The van der Waals surface area contributed by atoms with E-state index in [1.165, 1.54) is 4.90 Å². The zero-order valence-electron chi connectivity index (χ0n) is 14.3. The van der Waals surface area contributed by atoms with Gasteiger partial charge in [-0.3, -0.25) is 0 Å². The number of hydrogen-bond acceptors (Lipinski definition) is 3. The highest BCUT2D eigenvalue weighted by molar-refractivity contribution is 5.68. The van der Waals surface area contributed by atoms with E-state index in [1.54, 1.807) is 20.8 Å². The van der Waals surface area contributed by atoms with Crippen molar-refractivity contribution in [2.75, 3.05) is 13.1 Å². The topological polar surface area (TPSA) is 38.8 Å². The lowest BCUT2D eigenvalue weighted by Gasteiger charge is -2.34. The Balaban J connectivity index is 2.11. The standard InChI is InChI=1S/C17H21F4NO3/c1-17(2,3)25-16(23)22-6-4-10(5-7-22)12-8-11(18)9-13(19)14(12)24-15(20)21/h8-10,15H,4-7H2,1-3H3. The Bertz CT molecular complexity index is 623. The van der Waals surface area contributed by atoms with Crippen LogP contribution in [-0.2, 0) is 4.74 Å². The van der Waals surface area contributed by atoms with E-state index >= 15 is 0 Å². The number of carbonyl (C=O) groups excluding carboxylic acids is 1. The second-order valence-electron chi connectivity index (χ2n) is 6.93. The smallest absolute Gasteiger partial charge is 0.410 e. The zero-order valence-corrected chi connectivity index (χ0v) is 14.3. The molecule has 0 N–H and O–H groups in total. The normalized spacial score (nSPS) is 16.2.